The van der Waals surface area contributed by atoms with Crippen LogP contribution in [-0.4, -0.2) is 22.9 Å². The van der Waals surface area contributed by atoms with Gasteiger partial charge in [-0.15, -0.1) is 0 Å². The molecule has 0 saturated heterocycles. The summed E-state index contributed by atoms with van der Waals surface area (Å²) in [5, 5.41) is 3.85. The molecule has 0 fully saturated rings. The minimum atomic E-state index is -0.790. The highest BCUT2D eigenvalue weighted by atomic mass is 35.5. The number of hydrogen-bond donors (Lipinski definition) is 0. The fourth-order valence-corrected chi connectivity index (χ4v) is 1.49. The lowest BCUT2D eigenvalue weighted by atomic mass is 10.3. The predicted octanol–water partition coefficient (Wildman–Crippen LogP) is 1.68. The van der Waals surface area contributed by atoms with Gasteiger partial charge in [0.2, 0.25) is 0 Å². The van der Waals surface area contributed by atoms with Crippen LogP contribution in [0.1, 0.15) is 20.9 Å². The van der Waals surface area contributed by atoms with Crippen molar-refractivity contribution in [2.45, 2.75) is 4.84 Å². The molecule has 0 atom stereocenters. The van der Waals surface area contributed by atoms with E-state index in [9.17, 15) is 4.79 Å². The summed E-state index contributed by atoms with van der Waals surface area (Å²) in [6.45, 7) is 0. The summed E-state index contributed by atoms with van der Waals surface area (Å²) in [5.41, 5.74) is 0.732. The number of alkyl halides is 2. The zero-order valence-electron chi connectivity index (χ0n) is 7.12. The Kier molecular flexibility index (Phi) is 3.17. The Hall–Kier alpha value is -0.740. The maximum absolute atomic E-state index is 11.2. The minimum Gasteiger partial charge on any atom is -0.465 e. The smallest absolute Gasteiger partial charge is 0.341 e. The van der Waals surface area contributed by atoms with Gasteiger partial charge in [-0.05, 0) is 0 Å². The maximum atomic E-state index is 11.2. The number of aryl methyl sites for hydroxylation is 1. The maximum Gasteiger partial charge on any atom is 0.341 e. The third kappa shape index (κ3) is 1.95. The van der Waals surface area contributed by atoms with Crippen LogP contribution in [-0.2, 0) is 11.8 Å². The van der Waals surface area contributed by atoms with Crippen molar-refractivity contribution in [3.63, 3.8) is 0 Å². The van der Waals surface area contributed by atoms with E-state index in [2.05, 4.69) is 9.84 Å². The summed E-state index contributed by atoms with van der Waals surface area (Å²) in [6.07, 6.45) is 1.37. The van der Waals surface area contributed by atoms with E-state index in [1.54, 1.807) is 7.05 Å². The summed E-state index contributed by atoms with van der Waals surface area (Å²) in [7, 11) is 2.94. The Morgan fingerprint density at radius 2 is 2.31 bits per heavy atom. The van der Waals surface area contributed by atoms with Gasteiger partial charge in [-0.2, -0.15) is 5.10 Å². The van der Waals surface area contributed by atoms with Crippen molar-refractivity contribution >= 4 is 29.2 Å². The number of esters is 1. The standard InChI is InChI=1S/C7H8Cl2N2O2/c1-11-5(6(8)9)4(3-10-11)7(12)13-2/h3,6H,1-2H3. The van der Waals surface area contributed by atoms with Gasteiger partial charge in [-0.3, -0.25) is 4.68 Å². The molecule has 0 aromatic carbocycles. The van der Waals surface area contributed by atoms with Crippen molar-refractivity contribution in [1.29, 1.82) is 0 Å². The van der Waals surface area contributed by atoms with Crippen LogP contribution >= 0.6 is 23.2 Å². The summed E-state index contributed by atoms with van der Waals surface area (Å²) >= 11 is 11.3. The Morgan fingerprint density at radius 3 is 2.77 bits per heavy atom. The van der Waals surface area contributed by atoms with Gasteiger partial charge in [0.25, 0.3) is 0 Å². The number of carbonyl (C=O) groups is 1. The number of halogens is 2. The molecule has 4 nitrogen and oxygen atoms in total. The molecule has 1 aromatic rings. The van der Waals surface area contributed by atoms with Crippen molar-refractivity contribution < 1.29 is 9.53 Å². The predicted molar refractivity (Wildman–Crippen MR) is 49.0 cm³/mol. The van der Waals surface area contributed by atoms with E-state index in [0.717, 1.165) is 0 Å². The Balaban J connectivity index is 3.15. The van der Waals surface area contributed by atoms with Gasteiger partial charge in [0, 0.05) is 7.05 Å². The summed E-state index contributed by atoms with van der Waals surface area (Å²) < 4.78 is 5.97. The first kappa shape index (κ1) is 10.3. The average Bonchev–Trinajstić information content (AvgIpc) is 2.45. The molecule has 0 spiro atoms. The topological polar surface area (TPSA) is 44.1 Å². The van der Waals surface area contributed by atoms with Gasteiger partial charge in [0.1, 0.15) is 10.4 Å². The minimum absolute atomic E-state index is 0.292. The molecule has 72 valence electrons. The molecule has 0 amide bonds. The number of carbonyl (C=O) groups excluding carboxylic acids is 1. The van der Waals surface area contributed by atoms with Gasteiger partial charge in [-0.1, -0.05) is 23.2 Å². The van der Waals surface area contributed by atoms with Crippen molar-refractivity contribution in [2.75, 3.05) is 7.11 Å². The third-order valence-corrected chi connectivity index (χ3v) is 2.01. The number of aromatic nitrogens is 2. The number of nitrogens with zero attached hydrogens (tertiary/aromatic N) is 2. The molecule has 0 aliphatic heterocycles. The summed E-state index contributed by atoms with van der Waals surface area (Å²) in [4.78, 5) is 10.4. The molecule has 0 bridgehead atoms. The number of ether oxygens (including phenoxy) is 1. The van der Waals surface area contributed by atoms with E-state index in [1.165, 1.54) is 18.0 Å². The van der Waals surface area contributed by atoms with E-state index in [1.807, 2.05) is 0 Å². The molecule has 0 radical (unpaired) electrons. The van der Waals surface area contributed by atoms with Crippen LogP contribution in [0.5, 0.6) is 0 Å². The molecule has 1 rings (SSSR count). The van der Waals surface area contributed by atoms with E-state index in [0.29, 0.717) is 11.3 Å². The second-order valence-electron chi connectivity index (χ2n) is 2.36. The molecule has 0 aliphatic carbocycles. The molecule has 13 heavy (non-hydrogen) atoms. The fraction of sp³-hybridized carbons (Fsp3) is 0.429. The second kappa shape index (κ2) is 3.98. The Morgan fingerprint density at radius 1 is 1.69 bits per heavy atom. The van der Waals surface area contributed by atoms with Crippen molar-refractivity contribution in [3.8, 4) is 0 Å². The fourth-order valence-electron chi connectivity index (χ4n) is 0.973. The lowest BCUT2D eigenvalue weighted by molar-refractivity contribution is 0.0599. The Bertz CT molecular complexity index is 322. The third-order valence-electron chi connectivity index (χ3n) is 1.60. The Labute approximate surface area is 85.4 Å². The average molecular weight is 223 g/mol. The molecule has 6 heteroatoms. The quantitative estimate of drug-likeness (QED) is 0.565. The van der Waals surface area contributed by atoms with Gasteiger partial charge >= 0.3 is 5.97 Å². The molecule has 0 N–H and O–H groups in total. The number of hydrogen-bond acceptors (Lipinski definition) is 3. The second-order valence-corrected chi connectivity index (χ2v) is 3.46. The first-order valence-electron chi connectivity index (χ1n) is 3.46. The summed E-state index contributed by atoms with van der Waals surface area (Å²) in [6, 6.07) is 0. The lowest BCUT2D eigenvalue weighted by Gasteiger charge is -2.04. The van der Waals surface area contributed by atoms with E-state index in [4.69, 9.17) is 23.2 Å². The zero-order chi connectivity index (χ0) is 10.0. The highest BCUT2D eigenvalue weighted by Crippen LogP contribution is 2.27. The number of rotatable bonds is 2. The monoisotopic (exact) mass is 222 g/mol. The van der Waals surface area contributed by atoms with E-state index < -0.39 is 10.8 Å². The van der Waals surface area contributed by atoms with Crippen LogP contribution in [0.15, 0.2) is 6.20 Å². The lowest BCUT2D eigenvalue weighted by Crippen LogP contribution is -2.06. The van der Waals surface area contributed by atoms with Crippen LogP contribution in [0.2, 0.25) is 0 Å². The normalized spacial score (nSPS) is 10.5. The highest BCUT2D eigenvalue weighted by molar-refractivity contribution is 6.44. The zero-order valence-corrected chi connectivity index (χ0v) is 8.63. The van der Waals surface area contributed by atoms with Crippen LogP contribution < -0.4 is 0 Å². The van der Waals surface area contributed by atoms with E-state index in [-0.39, 0.29) is 0 Å². The first-order chi connectivity index (χ1) is 6.07. The summed E-state index contributed by atoms with van der Waals surface area (Å²) in [5.74, 6) is -0.491. The molecule has 0 unspecified atom stereocenters. The SMILES string of the molecule is COC(=O)c1cnn(C)c1C(Cl)Cl. The first-order valence-corrected chi connectivity index (χ1v) is 4.33. The van der Waals surface area contributed by atoms with Crippen LogP contribution in [0.3, 0.4) is 0 Å². The highest BCUT2D eigenvalue weighted by Gasteiger charge is 2.20. The molecule has 0 aliphatic rings. The number of methoxy groups -OCH3 is 1. The van der Waals surface area contributed by atoms with Gasteiger partial charge in [-0.25, -0.2) is 4.79 Å². The largest absolute Gasteiger partial charge is 0.465 e. The van der Waals surface area contributed by atoms with Gasteiger partial charge in [0.05, 0.1) is 19.0 Å². The van der Waals surface area contributed by atoms with Crippen LogP contribution in [0.25, 0.3) is 0 Å². The molecule has 0 saturated carbocycles. The van der Waals surface area contributed by atoms with E-state index >= 15 is 0 Å². The molecule has 1 heterocycles. The van der Waals surface area contributed by atoms with Crippen LogP contribution in [0, 0.1) is 0 Å². The van der Waals surface area contributed by atoms with Crippen molar-refractivity contribution in [3.05, 3.63) is 17.5 Å². The van der Waals surface area contributed by atoms with Crippen molar-refractivity contribution in [1.82, 2.24) is 9.78 Å². The van der Waals surface area contributed by atoms with Gasteiger partial charge < -0.3 is 4.74 Å². The van der Waals surface area contributed by atoms with Gasteiger partial charge in [0.15, 0.2) is 0 Å². The molecular weight excluding hydrogens is 215 g/mol. The van der Waals surface area contributed by atoms with Crippen molar-refractivity contribution in [2.24, 2.45) is 7.05 Å². The van der Waals surface area contributed by atoms with Crippen LogP contribution in [0.4, 0.5) is 0 Å². The molecule has 1 aromatic heterocycles. The molecular formula is C7H8Cl2N2O2.